The molecule has 1 aromatic rings. The standard InChI is InChI=1S/C14H19N3O/c1-10-8-11-4-2-3-5-13(11)17(10)14(18)12-9-15-6-7-16-12/h2-5,10,12,15-16H,6-9H2,1H3. The average Bonchev–Trinajstić information content (AvgIpc) is 2.75. The van der Waals surface area contributed by atoms with Crippen LogP contribution in [0.25, 0.3) is 0 Å². The molecule has 1 fully saturated rings. The van der Waals surface area contributed by atoms with Gasteiger partial charge in [0.25, 0.3) is 0 Å². The Morgan fingerprint density at radius 3 is 2.94 bits per heavy atom. The third-order valence-corrected chi connectivity index (χ3v) is 3.78. The summed E-state index contributed by atoms with van der Waals surface area (Å²) in [5, 5.41) is 6.56. The molecule has 0 radical (unpaired) electrons. The van der Waals surface area contributed by atoms with Gasteiger partial charge in [0.2, 0.25) is 5.91 Å². The lowest BCUT2D eigenvalue weighted by atomic mass is 10.1. The zero-order chi connectivity index (χ0) is 12.5. The van der Waals surface area contributed by atoms with Crippen LogP contribution in [-0.2, 0) is 11.2 Å². The first kappa shape index (κ1) is 11.7. The third-order valence-electron chi connectivity index (χ3n) is 3.78. The summed E-state index contributed by atoms with van der Waals surface area (Å²) in [5.74, 6) is 0.194. The summed E-state index contributed by atoms with van der Waals surface area (Å²) >= 11 is 0. The highest BCUT2D eigenvalue weighted by atomic mass is 16.2. The molecule has 2 aliphatic heterocycles. The number of hydrogen-bond donors (Lipinski definition) is 2. The van der Waals surface area contributed by atoms with E-state index in [1.807, 2.05) is 23.1 Å². The van der Waals surface area contributed by atoms with Crippen LogP contribution < -0.4 is 15.5 Å². The number of fused-ring (bicyclic) bond motifs is 1. The predicted octanol–water partition coefficient (Wildman–Crippen LogP) is 0.526. The van der Waals surface area contributed by atoms with Gasteiger partial charge in [0.1, 0.15) is 0 Å². The molecule has 2 unspecified atom stereocenters. The molecule has 18 heavy (non-hydrogen) atoms. The smallest absolute Gasteiger partial charge is 0.245 e. The normalized spacial score (nSPS) is 27.1. The molecule has 0 aliphatic carbocycles. The summed E-state index contributed by atoms with van der Waals surface area (Å²) in [6, 6.07) is 8.38. The second kappa shape index (κ2) is 4.71. The van der Waals surface area contributed by atoms with Crippen molar-refractivity contribution in [2.45, 2.75) is 25.4 Å². The van der Waals surface area contributed by atoms with Gasteiger partial charge in [-0.3, -0.25) is 4.79 Å². The van der Waals surface area contributed by atoms with Crippen molar-refractivity contribution in [1.82, 2.24) is 10.6 Å². The summed E-state index contributed by atoms with van der Waals surface area (Å²) in [6.45, 7) is 4.65. The molecule has 3 rings (SSSR count). The highest BCUT2D eigenvalue weighted by Gasteiger charge is 2.34. The van der Waals surface area contributed by atoms with E-state index in [4.69, 9.17) is 0 Å². The SMILES string of the molecule is CC1Cc2ccccc2N1C(=O)C1CNCCN1. The number of piperazine rings is 1. The number of hydrogen-bond acceptors (Lipinski definition) is 3. The Balaban J connectivity index is 1.85. The summed E-state index contributed by atoms with van der Waals surface area (Å²) in [5.41, 5.74) is 2.37. The Morgan fingerprint density at radius 2 is 2.17 bits per heavy atom. The summed E-state index contributed by atoms with van der Waals surface area (Å²) in [4.78, 5) is 14.6. The first-order valence-electron chi connectivity index (χ1n) is 6.62. The van der Waals surface area contributed by atoms with Crippen molar-refractivity contribution in [3.8, 4) is 0 Å². The highest BCUT2D eigenvalue weighted by Crippen LogP contribution is 2.32. The fourth-order valence-corrected chi connectivity index (χ4v) is 2.90. The minimum atomic E-state index is -0.0904. The van der Waals surface area contributed by atoms with Gasteiger partial charge >= 0.3 is 0 Å². The van der Waals surface area contributed by atoms with Crippen LogP contribution in [0.5, 0.6) is 0 Å². The molecule has 2 N–H and O–H groups in total. The van der Waals surface area contributed by atoms with Crippen LogP contribution in [0.2, 0.25) is 0 Å². The van der Waals surface area contributed by atoms with Crippen molar-refractivity contribution >= 4 is 11.6 Å². The maximum Gasteiger partial charge on any atom is 0.245 e. The van der Waals surface area contributed by atoms with Gasteiger partial charge in [0.15, 0.2) is 0 Å². The van der Waals surface area contributed by atoms with E-state index in [1.54, 1.807) is 0 Å². The van der Waals surface area contributed by atoms with E-state index >= 15 is 0 Å². The number of rotatable bonds is 1. The molecule has 2 aliphatic rings. The molecule has 0 bridgehead atoms. The van der Waals surface area contributed by atoms with Crippen molar-refractivity contribution in [3.63, 3.8) is 0 Å². The molecule has 2 atom stereocenters. The van der Waals surface area contributed by atoms with Crippen molar-refractivity contribution in [2.75, 3.05) is 24.5 Å². The fourth-order valence-electron chi connectivity index (χ4n) is 2.90. The van der Waals surface area contributed by atoms with Crippen LogP contribution in [0.15, 0.2) is 24.3 Å². The van der Waals surface area contributed by atoms with Crippen LogP contribution in [0, 0.1) is 0 Å². The lowest BCUT2D eigenvalue weighted by Crippen LogP contribution is -2.57. The molecule has 96 valence electrons. The van der Waals surface area contributed by atoms with E-state index in [0.717, 1.165) is 31.7 Å². The third kappa shape index (κ3) is 1.91. The minimum Gasteiger partial charge on any atom is -0.313 e. The van der Waals surface area contributed by atoms with Gasteiger partial charge in [-0.05, 0) is 25.0 Å². The van der Waals surface area contributed by atoms with E-state index in [-0.39, 0.29) is 18.0 Å². The van der Waals surface area contributed by atoms with Gasteiger partial charge in [0.05, 0.1) is 6.04 Å². The quantitative estimate of drug-likeness (QED) is 0.758. The van der Waals surface area contributed by atoms with Gasteiger partial charge < -0.3 is 15.5 Å². The van der Waals surface area contributed by atoms with Crippen molar-refractivity contribution in [1.29, 1.82) is 0 Å². The number of nitrogens with zero attached hydrogens (tertiary/aromatic N) is 1. The zero-order valence-corrected chi connectivity index (χ0v) is 10.6. The Morgan fingerprint density at radius 1 is 1.33 bits per heavy atom. The number of amides is 1. The number of benzene rings is 1. The molecule has 0 spiro atoms. The highest BCUT2D eigenvalue weighted by molar-refractivity contribution is 5.99. The fraction of sp³-hybridized carbons (Fsp3) is 0.500. The Labute approximate surface area is 107 Å². The second-order valence-corrected chi connectivity index (χ2v) is 5.10. The topological polar surface area (TPSA) is 44.4 Å². The maximum absolute atomic E-state index is 12.6. The minimum absolute atomic E-state index is 0.0904. The van der Waals surface area contributed by atoms with Crippen LogP contribution in [0.3, 0.4) is 0 Å². The lowest BCUT2D eigenvalue weighted by Gasteiger charge is -2.30. The molecule has 1 saturated heterocycles. The van der Waals surface area contributed by atoms with Crippen LogP contribution in [0.1, 0.15) is 12.5 Å². The van der Waals surface area contributed by atoms with Crippen LogP contribution in [-0.4, -0.2) is 37.6 Å². The second-order valence-electron chi connectivity index (χ2n) is 5.10. The van der Waals surface area contributed by atoms with Crippen LogP contribution in [0.4, 0.5) is 5.69 Å². The molecular formula is C14H19N3O. The number of carbonyl (C=O) groups is 1. The first-order valence-corrected chi connectivity index (χ1v) is 6.62. The van der Waals surface area contributed by atoms with E-state index in [1.165, 1.54) is 5.56 Å². The molecule has 2 heterocycles. The Kier molecular flexibility index (Phi) is 3.06. The van der Waals surface area contributed by atoms with Gasteiger partial charge in [-0.2, -0.15) is 0 Å². The first-order chi connectivity index (χ1) is 8.77. The Hall–Kier alpha value is -1.39. The van der Waals surface area contributed by atoms with E-state index in [0.29, 0.717) is 0 Å². The molecule has 4 nitrogen and oxygen atoms in total. The molecule has 0 saturated carbocycles. The Bertz CT molecular complexity index is 454. The molecule has 4 heteroatoms. The van der Waals surface area contributed by atoms with E-state index in [2.05, 4.69) is 23.6 Å². The average molecular weight is 245 g/mol. The van der Waals surface area contributed by atoms with Crippen molar-refractivity contribution in [2.24, 2.45) is 0 Å². The lowest BCUT2D eigenvalue weighted by molar-refractivity contribution is -0.121. The predicted molar refractivity (Wildman–Crippen MR) is 71.8 cm³/mol. The number of anilines is 1. The van der Waals surface area contributed by atoms with Crippen molar-refractivity contribution < 1.29 is 4.79 Å². The molecule has 1 amide bonds. The summed E-state index contributed by atoms with van der Waals surface area (Å²) in [7, 11) is 0. The monoisotopic (exact) mass is 245 g/mol. The number of para-hydroxylation sites is 1. The summed E-state index contributed by atoms with van der Waals surface area (Å²) < 4.78 is 0. The zero-order valence-electron chi connectivity index (χ0n) is 10.6. The van der Waals surface area contributed by atoms with Crippen LogP contribution >= 0.6 is 0 Å². The van der Waals surface area contributed by atoms with E-state index < -0.39 is 0 Å². The largest absolute Gasteiger partial charge is 0.313 e. The van der Waals surface area contributed by atoms with Gasteiger partial charge in [0, 0.05) is 31.4 Å². The van der Waals surface area contributed by atoms with E-state index in [9.17, 15) is 4.79 Å². The molecule has 0 aromatic heterocycles. The van der Waals surface area contributed by atoms with Crippen molar-refractivity contribution in [3.05, 3.63) is 29.8 Å². The van der Waals surface area contributed by atoms with Gasteiger partial charge in [-0.25, -0.2) is 0 Å². The maximum atomic E-state index is 12.6. The molecule has 1 aromatic carbocycles. The molecular weight excluding hydrogens is 226 g/mol. The summed E-state index contributed by atoms with van der Waals surface area (Å²) in [6.07, 6.45) is 0.960. The van der Waals surface area contributed by atoms with Gasteiger partial charge in [-0.1, -0.05) is 18.2 Å². The number of carbonyl (C=O) groups excluding carboxylic acids is 1. The number of nitrogens with one attached hydrogen (secondary N) is 2. The van der Waals surface area contributed by atoms with Gasteiger partial charge in [-0.15, -0.1) is 0 Å².